The van der Waals surface area contributed by atoms with E-state index in [1.807, 2.05) is 6.92 Å². The highest BCUT2D eigenvalue weighted by Gasteiger charge is 2.41. The summed E-state index contributed by atoms with van der Waals surface area (Å²) in [5.41, 5.74) is -0.774. The molecule has 2 fully saturated rings. The molecule has 0 bridgehead atoms. The van der Waals surface area contributed by atoms with Crippen LogP contribution in [-0.4, -0.2) is 29.7 Å². The quantitative estimate of drug-likeness (QED) is 0.705. The van der Waals surface area contributed by atoms with Gasteiger partial charge in [0.1, 0.15) is 0 Å². The van der Waals surface area contributed by atoms with Crippen LogP contribution in [0.15, 0.2) is 0 Å². The Bertz CT molecular complexity index is 385. The summed E-state index contributed by atoms with van der Waals surface area (Å²) in [6.45, 7) is 4.40. The third-order valence-corrected chi connectivity index (χ3v) is 5.03. The Morgan fingerprint density at radius 3 is 2.38 bits per heavy atom. The lowest BCUT2D eigenvalue weighted by atomic mass is 9.71. The van der Waals surface area contributed by atoms with Crippen molar-refractivity contribution in [3.63, 3.8) is 0 Å². The van der Waals surface area contributed by atoms with E-state index in [0.29, 0.717) is 18.8 Å². The summed E-state index contributed by atoms with van der Waals surface area (Å²) in [5.74, 6) is 0.580. The van der Waals surface area contributed by atoms with E-state index in [0.717, 1.165) is 25.2 Å². The molecule has 1 atom stereocenters. The van der Waals surface area contributed by atoms with Gasteiger partial charge in [-0.3, -0.25) is 4.79 Å². The predicted molar refractivity (Wildman–Crippen MR) is 81.0 cm³/mol. The fraction of sp³-hybridized carbons (Fsp3) is 0.875. The molecule has 21 heavy (non-hydrogen) atoms. The zero-order valence-electron chi connectivity index (χ0n) is 13.2. The molecule has 2 saturated carbocycles. The Labute approximate surface area is 126 Å². The van der Waals surface area contributed by atoms with Crippen LogP contribution in [0.25, 0.3) is 0 Å². The number of carbonyl (C=O) groups is 2. The highest BCUT2D eigenvalue weighted by Crippen LogP contribution is 2.38. The lowest BCUT2D eigenvalue weighted by Gasteiger charge is -2.35. The Kier molecular flexibility index (Phi) is 5.12. The largest absolute Gasteiger partial charge is 0.481 e. The Balaban J connectivity index is 1.78. The molecule has 0 aromatic carbocycles. The van der Waals surface area contributed by atoms with E-state index in [9.17, 15) is 14.7 Å². The third-order valence-electron chi connectivity index (χ3n) is 5.03. The lowest BCUT2D eigenvalue weighted by Crippen LogP contribution is -2.49. The Morgan fingerprint density at radius 1 is 1.24 bits per heavy atom. The van der Waals surface area contributed by atoms with Gasteiger partial charge in [-0.25, -0.2) is 4.79 Å². The van der Waals surface area contributed by atoms with Gasteiger partial charge in [-0.1, -0.05) is 19.8 Å². The second kappa shape index (κ2) is 6.67. The van der Waals surface area contributed by atoms with Gasteiger partial charge in [-0.15, -0.1) is 0 Å². The molecule has 2 aliphatic rings. The van der Waals surface area contributed by atoms with E-state index in [4.69, 9.17) is 0 Å². The number of carbonyl (C=O) groups excluding carboxylic acids is 1. The highest BCUT2D eigenvalue weighted by molar-refractivity contribution is 5.78. The van der Waals surface area contributed by atoms with E-state index >= 15 is 0 Å². The molecule has 0 spiro atoms. The smallest absolute Gasteiger partial charge is 0.315 e. The van der Waals surface area contributed by atoms with Gasteiger partial charge in [-0.2, -0.15) is 0 Å². The molecule has 120 valence electrons. The summed E-state index contributed by atoms with van der Waals surface area (Å²) in [4.78, 5) is 23.5. The second-order valence-corrected chi connectivity index (χ2v) is 7.18. The number of carboxylic acids is 1. The topological polar surface area (TPSA) is 78.4 Å². The molecular weight excluding hydrogens is 268 g/mol. The van der Waals surface area contributed by atoms with Crippen LogP contribution in [0.4, 0.5) is 4.79 Å². The van der Waals surface area contributed by atoms with Crippen molar-refractivity contribution in [3.8, 4) is 0 Å². The van der Waals surface area contributed by atoms with Gasteiger partial charge in [-0.05, 0) is 50.9 Å². The molecule has 1 unspecified atom stereocenters. The van der Waals surface area contributed by atoms with Crippen LogP contribution >= 0.6 is 0 Å². The molecule has 2 rings (SSSR count). The molecule has 0 radical (unpaired) electrons. The molecule has 3 N–H and O–H groups in total. The molecule has 0 aliphatic heterocycles. The first-order valence-electron chi connectivity index (χ1n) is 8.19. The fourth-order valence-electron chi connectivity index (χ4n) is 3.22. The van der Waals surface area contributed by atoms with Crippen LogP contribution in [0.3, 0.4) is 0 Å². The number of aliphatic carboxylic acids is 1. The summed E-state index contributed by atoms with van der Waals surface area (Å²) in [7, 11) is 0. The molecule has 0 heterocycles. The number of rotatable bonds is 6. The number of amides is 2. The zero-order valence-corrected chi connectivity index (χ0v) is 13.2. The van der Waals surface area contributed by atoms with Crippen LogP contribution in [0.2, 0.25) is 0 Å². The van der Waals surface area contributed by atoms with Crippen LogP contribution in [-0.2, 0) is 4.79 Å². The van der Waals surface area contributed by atoms with Crippen LogP contribution in [0, 0.1) is 17.3 Å². The van der Waals surface area contributed by atoms with E-state index in [2.05, 4.69) is 17.6 Å². The summed E-state index contributed by atoms with van der Waals surface area (Å²) in [6.07, 6.45) is 6.72. The highest BCUT2D eigenvalue weighted by atomic mass is 16.4. The minimum absolute atomic E-state index is 0.157. The molecule has 5 nitrogen and oxygen atoms in total. The minimum Gasteiger partial charge on any atom is -0.481 e. The maximum Gasteiger partial charge on any atom is 0.315 e. The summed E-state index contributed by atoms with van der Waals surface area (Å²) in [6, 6.07) is -0.0768. The molecule has 2 aliphatic carbocycles. The second-order valence-electron chi connectivity index (χ2n) is 7.18. The average molecular weight is 296 g/mol. The van der Waals surface area contributed by atoms with Crippen molar-refractivity contribution in [2.24, 2.45) is 17.3 Å². The van der Waals surface area contributed by atoms with Crippen molar-refractivity contribution in [1.29, 1.82) is 0 Å². The van der Waals surface area contributed by atoms with Gasteiger partial charge >= 0.3 is 12.0 Å². The van der Waals surface area contributed by atoms with Crippen LogP contribution in [0.1, 0.15) is 58.8 Å². The lowest BCUT2D eigenvalue weighted by molar-refractivity contribution is -0.151. The number of nitrogens with one attached hydrogen (secondary N) is 2. The Hall–Kier alpha value is -1.26. The molecule has 2 amide bonds. The molecule has 0 saturated heterocycles. The van der Waals surface area contributed by atoms with Crippen LogP contribution < -0.4 is 10.6 Å². The fourth-order valence-corrected chi connectivity index (χ4v) is 3.22. The third kappa shape index (κ3) is 4.61. The van der Waals surface area contributed by atoms with Gasteiger partial charge in [0.25, 0.3) is 0 Å². The predicted octanol–water partition coefficient (Wildman–Crippen LogP) is 2.76. The number of urea groups is 1. The van der Waals surface area contributed by atoms with Gasteiger partial charge in [0.15, 0.2) is 0 Å². The van der Waals surface area contributed by atoms with Gasteiger partial charge in [0, 0.05) is 12.6 Å². The summed E-state index contributed by atoms with van der Waals surface area (Å²) < 4.78 is 0. The Morgan fingerprint density at radius 2 is 1.86 bits per heavy atom. The molecular formula is C16H28N2O3. The first-order chi connectivity index (χ1) is 9.91. The standard InChI is InChI=1S/C16H28N2O3/c1-11-5-7-16(8-6-11,14(19)20)10-17-15(21)18-12(2)9-13-3-4-13/h11-13H,3-10H2,1-2H3,(H,19,20)(H2,17,18,21). The van der Waals surface area contributed by atoms with Gasteiger partial charge in [0.05, 0.1) is 5.41 Å². The van der Waals surface area contributed by atoms with E-state index in [-0.39, 0.29) is 18.6 Å². The van der Waals surface area contributed by atoms with Gasteiger partial charge < -0.3 is 15.7 Å². The SMILES string of the molecule is CC1CCC(CNC(=O)NC(C)CC2CC2)(C(=O)O)CC1. The van der Waals surface area contributed by atoms with Crippen molar-refractivity contribution in [2.75, 3.05) is 6.54 Å². The molecule has 5 heteroatoms. The van der Waals surface area contributed by atoms with Crippen molar-refractivity contribution in [2.45, 2.75) is 64.8 Å². The zero-order chi connectivity index (χ0) is 15.5. The first kappa shape index (κ1) is 16.1. The van der Waals surface area contributed by atoms with Crippen molar-refractivity contribution in [1.82, 2.24) is 10.6 Å². The van der Waals surface area contributed by atoms with E-state index in [1.165, 1.54) is 12.8 Å². The van der Waals surface area contributed by atoms with E-state index in [1.54, 1.807) is 0 Å². The maximum absolute atomic E-state index is 11.9. The van der Waals surface area contributed by atoms with Gasteiger partial charge in [0.2, 0.25) is 0 Å². The van der Waals surface area contributed by atoms with Crippen LogP contribution in [0.5, 0.6) is 0 Å². The summed E-state index contributed by atoms with van der Waals surface area (Å²) >= 11 is 0. The minimum atomic E-state index is -0.777. The maximum atomic E-state index is 11.9. The van der Waals surface area contributed by atoms with Crippen molar-refractivity contribution >= 4 is 12.0 Å². The number of carboxylic acid groups (broad SMARTS) is 1. The number of hydrogen-bond acceptors (Lipinski definition) is 2. The van der Waals surface area contributed by atoms with Crippen molar-refractivity contribution in [3.05, 3.63) is 0 Å². The normalized spacial score (nSPS) is 30.5. The van der Waals surface area contributed by atoms with E-state index < -0.39 is 11.4 Å². The average Bonchev–Trinajstić information content (AvgIpc) is 3.22. The van der Waals surface area contributed by atoms with Crippen molar-refractivity contribution < 1.29 is 14.7 Å². The first-order valence-corrected chi connectivity index (χ1v) is 8.19. The molecule has 0 aromatic heterocycles. The molecule has 0 aromatic rings. The number of hydrogen-bond donors (Lipinski definition) is 3. The summed E-state index contributed by atoms with van der Waals surface area (Å²) in [5, 5.41) is 15.2. The monoisotopic (exact) mass is 296 g/mol.